The molecule has 0 unspecified atom stereocenters. The van der Waals surface area contributed by atoms with Crippen molar-refractivity contribution in [3.8, 4) is 0 Å². The zero-order chi connectivity index (χ0) is 11.4. The first kappa shape index (κ1) is 11.7. The van der Waals surface area contributed by atoms with E-state index in [0.29, 0.717) is 5.41 Å². The summed E-state index contributed by atoms with van der Waals surface area (Å²) < 4.78 is 2.36. The van der Waals surface area contributed by atoms with Crippen LogP contribution in [0.2, 0.25) is 0 Å². The van der Waals surface area contributed by atoms with Crippen molar-refractivity contribution in [2.75, 3.05) is 6.54 Å². The molecule has 0 aliphatic heterocycles. The summed E-state index contributed by atoms with van der Waals surface area (Å²) in [5, 5.41) is 3.62. The fraction of sp³-hybridized carbons (Fsp3) is 0.714. The zero-order valence-electron chi connectivity index (χ0n) is 10.6. The summed E-state index contributed by atoms with van der Waals surface area (Å²) in [6.45, 7) is 7.90. The fourth-order valence-electron chi connectivity index (χ4n) is 2.36. The van der Waals surface area contributed by atoms with Crippen LogP contribution in [0.5, 0.6) is 0 Å². The van der Waals surface area contributed by atoms with Crippen molar-refractivity contribution in [3.05, 3.63) is 24.0 Å². The Morgan fingerprint density at radius 2 is 2.19 bits per heavy atom. The van der Waals surface area contributed by atoms with Crippen LogP contribution in [0, 0.1) is 5.41 Å². The lowest BCUT2D eigenvalue weighted by Gasteiger charge is -2.14. The van der Waals surface area contributed by atoms with Gasteiger partial charge in [-0.3, -0.25) is 0 Å². The molecule has 2 heteroatoms. The molecule has 1 aliphatic rings. The van der Waals surface area contributed by atoms with Crippen molar-refractivity contribution < 1.29 is 0 Å². The number of nitrogens with one attached hydrogen (secondary N) is 1. The minimum Gasteiger partial charge on any atom is -0.350 e. The van der Waals surface area contributed by atoms with Crippen LogP contribution in [-0.2, 0) is 13.1 Å². The highest BCUT2D eigenvalue weighted by Gasteiger charge is 2.39. The van der Waals surface area contributed by atoms with Crippen molar-refractivity contribution in [3.63, 3.8) is 0 Å². The molecule has 1 aliphatic carbocycles. The minimum atomic E-state index is 0.655. The van der Waals surface area contributed by atoms with Gasteiger partial charge >= 0.3 is 0 Å². The van der Waals surface area contributed by atoms with Gasteiger partial charge in [-0.05, 0) is 43.2 Å². The fourth-order valence-corrected chi connectivity index (χ4v) is 2.36. The predicted octanol–water partition coefficient (Wildman–Crippen LogP) is 3.18. The van der Waals surface area contributed by atoms with Gasteiger partial charge in [0.1, 0.15) is 0 Å². The molecule has 0 aromatic carbocycles. The van der Waals surface area contributed by atoms with Crippen LogP contribution in [0.4, 0.5) is 0 Å². The van der Waals surface area contributed by atoms with Crippen molar-refractivity contribution >= 4 is 0 Å². The molecule has 90 valence electrons. The molecule has 2 nitrogen and oxygen atoms in total. The van der Waals surface area contributed by atoms with E-state index in [0.717, 1.165) is 13.1 Å². The van der Waals surface area contributed by atoms with Crippen molar-refractivity contribution in [1.82, 2.24) is 9.88 Å². The molecule has 0 radical (unpaired) electrons. The van der Waals surface area contributed by atoms with Gasteiger partial charge in [-0.15, -0.1) is 0 Å². The number of hydrogen-bond acceptors (Lipinski definition) is 1. The molecular weight excluding hydrogens is 196 g/mol. The normalized spacial score (nSPS) is 17.6. The smallest absolute Gasteiger partial charge is 0.0359 e. The molecule has 1 heterocycles. The molecule has 0 bridgehead atoms. The van der Waals surface area contributed by atoms with Gasteiger partial charge in [-0.25, -0.2) is 0 Å². The molecule has 1 saturated carbocycles. The van der Waals surface area contributed by atoms with Crippen molar-refractivity contribution in [2.45, 2.75) is 52.6 Å². The second-order valence-electron chi connectivity index (χ2n) is 5.15. The van der Waals surface area contributed by atoms with Crippen LogP contribution >= 0.6 is 0 Å². The SMILES string of the molecule is CCCn1cccc1CNCC1(CC)CC1. The van der Waals surface area contributed by atoms with Gasteiger partial charge in [0.05, 0.1) is 0 Å². The summed E-state index contributed by atoms with van der Waals surface area (Å²) in [7, 11) is 0. The molecule has 0 saturated heterocycles. The number of nitrogens with zero attached hydrogens (tertiary/aromatic N) is 1. The van der Waals surface area contributed by atoms with E-state index >= 15 is 0 Å². The number of rotatable bonds is 7. The summed E-state index contributed by atoms with van der Waals surface area (Å²) in [5.41, 5.74) is 2.08. The van der Waals surface area contributed by atoms with E-state index in [1.54, 1.807) is 0 Å². The Labute approximate surface area is 99.0 Å². The Bertz CT molecular complexity index is 323. The Balaban J connectivity index is 1.78. The van der Waals surface area contributed by atoms with Crippen molar-refractivity contribution in [1.29, 1.82) is 0 Å². The van der Waals surface area contributed by atoms with Crippen molar-refractivity contribution in [2.24, 2.45) is 5.41 Å². The molecule has 2 rings (SSSR count). The molecule has 1 fully saturated rings. The Hall–Kier alpha value is -0.760. The molecule has 1 N–H and O–H groups in total. The quantitative estimate of drug-likeness (QED) is 0.747. The monoisotopic (exact) mass is 220 g/mol. The molecule has 1 aromatic rings. The van der Waals surface area contributed by atoms with Crippen LogP contribution < -0.4 is 5.32 Å². The second kappa shape index (κ2) is 5.05. The largest absolute Gasteiger partial charge is 0.350 e. The first-order valence-electron chi connectivity index (χ1n) is 6.64. The minimum absolute atomic E-state index is 0.655. The van der Waals surface area contributed by atoms with Gasteiger partial charge in [-0.1, -0.05) is 13.8 Å². The highest BCUT2D eigenvalue weighted by Crippen LogP contribution is 2.47. The third-order valence-corrected chi connectivity index (χ3v) is 3.90. The maximum absolute atomic E-state index is 3.62. The van der Waals surface area contributed by atoms with Gasteiger partial charge in [0, 0.05) is 31.5 Å². The first-order chi connectivity index (χ1) is 7.79. The maximum Gasteiger partial charge on any atom is 0.0359 e. The lowest BCUT2D eigenvalue weighted by atomic mass is 10.0. The van der Waals surface area contributed by atoms with E-state index in [1.165, 1.54) is 37.9 Å². The van der Waals surface area contributed by atoms with E-state index in [2.05, 4.69) is 42.1 Å². The molecule has 0 atom stereocenters. The Morgan fingerprint density at radius 3 is 2.81 bits per heavy atom. The predicted molar refractivity (Wildman–Crippen MR) is 68.4 cm³/mol. The van der Waals surface area contributed by atoms with Gasteiger partial charge in [0.15, 0.2) is 0 Å². The molecule has 16 heavy (non-hydrogen) atoms. The summed E-state index contributed by atoms with van der Waals surface area (Å²) >= 11 is 0. The van der Waals surface area contributed by atoms with Gasteiger partial charge in [0.2, 0.25) is 0 Å². The van der Waals surface area contributed by atoms with Gasteiger partial charge in [0.25, 0.3) is 0 Å². The second-order valence-corrected chi connectivity index (χ2v) is 5.15. The number of hydrogen-bond donors (Lipinski definition) is 1. The van der Waals surface area contributed by atoms with Gasteiger partial charge < -0.3 is 9.88 Å². The molecule has 0 amide bonds. The van der Waals surface area contributed by atoms with Gasteiger partial charge in [-0.2, -0.15) is 0 Å². The average molecular weight is 220 g/mol. The van der Waals surface area contributed by atoms with E-state index in [1.807, 2.05) is 0 Å². The summed E-state index contributed by atoms with van der Waals surface area (Å²) in [6.07, 6.45) is 7.57. The molecule has 1 aromatic heterocycles. The highest BCUT2D eigenvalue weighted by atomic mass is 15.0. The average Bonchev–Trinajstić information content (AvgIpc) is 2.95. The van der Waals surface area contributed by atoms with E-state index in [-0.39, 0.29) is 0 Å². The van der Waals surface area contributed by atoms with Crippen LogP contribution in [0.15, 0.2) is 18.3 Å². The first-order valence-corrected chi connectivity index (χ1v) is 6.64. The van der Waals surface area contributed by atoms with Crippen LogP contribution in [-0.4, -0.2) is 11.1 Å². The molecule has 0 spiro atoms. The number of aryl methyl sites for hydroxylation is 1. The van der Waals surface area contributed by atoms with Crippen LogP contribution in [0.3, 0.4) is 0 Å². The highest BCUT2D eigenvalue weighted by molar-refractivity contribution is 5.07. The van der Waals surface area contributed by atoms with E-state index in [4.69, 9.17) is 0 Å². The van der Waals surface area contributed by atoms with E-state index < -0.39 is 0 Å². The Morgan fingerprint density at radius 1 is 1.38 bits per heavy atom. The summed E-state index contributed by atoms with van der Waals surface area (Å²) in [4.78, 5) is 0. The van der Waals surface area contributed by atoms with E-state index in [9.17, 15) is 0 Å². The third kappa shape index (κ3) is 2.67. The maximum atomic E-state index is 3.62. The standard InChI is InChI=1S/C14H24N2/c1-3-9-16-10-5-6-13(16)11-15-12-14(4-2)7-8-14/h5-6,10,15H,3-4,7-9,11-12H2,1-2H3. The third-order valence-electron chi connectivity index (χ3n) is 3.90. The Kier molecular flexibility index (Phi) is 3.70. The summed E-state index contributed by atoms with van der Waals surface area (Å²) in [5.74, 6) is 0. The lowest BCUT2D eigenvalue weighted by molar-refractivity contribution is 0.438. The zero-order valence-corrected chi connectivity index (χ0v) is 10.6. The number of aromatic nitrogens is 1. The summed E-state index contributed by atoms with van der Waals surface area (Å²) in [6, 6.07) is 4.38. The van der Waals surface area contributed by atoms with Crippen LogP contribution in [0.1, 0.15) is 45.2 Å². The van der Waals surface area contributed by atoms with Crippen LogP contribution in [0.25, 0.3) is 0 Å². The topological polar surface area (TPSA) is 17.0 Å². The lowest BCUT2D eigenvalue weighted by Crippen LogP contribution is -2.24. The molecular formula is C14H24N2.